The molecule has 96 valence electrons. The third-order valence-electron chi connectivity index (χ3n) is 3.00. The molecule has 0 aliphatic carbocycles. The van der Waals surface area contributed by atoms with Gasteiger partial charge in [-0.3, -0.25) is 4.57 Å². The van der Waals surface area contributed by atoms with Crippen LogP contribution < -0.4 is 11.0 Å². The lowest BCUT2D eigenvalue weighted by atomic mass is 10.1. The van der Waals surface area contributed by atoms with Crippen LogP contribution in [-0.2, 0) is 6.54 Å². The normalized spacial score (nSPS) is 20.6. The topological polar surface area (TPSA) is 62.7 Å². The summed E-state index contributed by atoms with van der Waals surface area (Å²) >= 11 is 1.67. The number of rotatable bonds is 5. The molecular weight excluding hydrogens is 236 g/mol. The van der Waals surface area contributed by atoms with E-state index in [1.807, 2.05) is 0 Å². The Labute approximate surface area is 105 Å². The summed E-state index contributed by atoms with van der Waals surface area (Å²) in [6, 6.07) is 0.565. The van der Waals surface area contributed by atoms with Crippen LogP contribution in [0.3, 0.4) is 0 Å². The molecule has 1 saturated heterocycles. The fourth-order valence-corrected chi connectivity index (χ4v) is 3.15. The zero-order chi connectivity index (χ0) is 12.1. The average Bonchev–Trinajstić information content (AvgIpc) is 2.70. The van der Waals surface area contributed by atoms with Crippen molar-refractivity contribution in [2.75, 3.05) is 12.3 Å². The molecule has 1 aliphatic rings. The number of hydrogen-bond donors (Lipinski definition) is 2. The highest BCUT2D eigenvalue weighted by molar-refractivity contribution is 7.99. The van der Waals surface area contributed by atoms with Crippen LogP contribution in [0.25, 0.3) is 0 Å². The van der Waals surface area contributed by atoms with Crippen molar-refractivity contribution in [3.8, 4) is 0 Å². The van der Waals surface area contributed by atoms with Gasteiger partial charge in [-0.15, -0.1) is 5.10 Å². The van der Waals surface area contributed by atoms with Crippen molar-refractivity contribution >= 4 is 11.8 Å². The van der Waals surface area contributed by atoms with Gasteiger partial charge >= 0.3 is 5.69 Å². The summed E-state index contributed by atoms with van der Waals surface area (Å²) in [5.74, 6) is 0.994. The van der Waals surface area contributed by atoms with E-state index in [4.69, 9.17) is 0 Å². The van der Waals surface area contributed by atoms with E-state index in [0.717, 1.165) is 30.4 Å². The van der Waals surface area contributed by atoms with Gasteiger partial charge in [0.25, 0.3) is 0 Å². The molecule has 2 rings (SSSR count). The standard InChI is InChI=1S/C11H20N4OS/c1-2-7-15-10(16)13-14-11(15)17-8-9-5-3-4-6-12-9/h9,12H,2-8H2,1H3,(H,13,16). The van der Waals surface area contributed by atoms with Gasteiger partial charge in [-0.25, -0.2) is 9.89 Å². The van der Waals surface area contributed by atoms with Crippen LogP contribution in [0.1, 0.15) is 32.6 Å². The van der Waals surface area contributed by atoms with Crippen molar-refractivity contribution in [2.24, 2.45) is 0 Å². The molecule has 0 spiro atoms. The van der Waals surface area contributed by atoms with Gasteiger partial charge in [0.2, 0.25) is 0 Å². The second-order valence-corrected chi connectivity index (χ2v) is 5.41. The molecule has 1 aromatic rings. The number of nitrogens with zero attached hydrogens (tertiary/aromatic N) is 2. The van der Waals surface area contributed by atoms with E-state index in [1.54, 1.807) is 16.3 Å². The fourth-order valence-electron chi connectivity index (χ4n) is 2.08. The Morgan fingerprint density at radius 3 is 3.12 bits per heavy atom. The van der Waals surface area contributed by atoms with E-state index < -0.39 is 0 Å². The first-order chi connectivity index (χ1) is 8.31. The maximum Gasteiger partial charge on any atom is 0.343 e. The lowest BCUT2D eigenvalue weighted by Crippen LogP contribution is -2.35. The first-order valence-electron chi connectivity index (χ1n) is 6.32. The maximum absolute atomic E-state index is 11.5. The summed E-state index contributed by atoms with van der Waals surface area (Å²) in [6.07, 6.45) is 4.77. The van der Waals surface area contributed by atoms with E-state index in [1.165, 1.54) is 19.3 Å². The zero-order valence-corrected chi connectivity index (χ0v) is 11.1. The van der Waals surface area contributed by atoms with Crippen LogP contribution in [-0.4, -0.2) is 33.1 Å². The molecule has 0 bridgehead atoms. The van der Waals surface area contributed by atoms with Crippen LogP contribution in [0.2, 0.25) is 0 Å². The van der Waals surface area contributed by atoms with E-state index in [2.05, 4.69) is 22.4 Å². The third kappa shape index (κ3) is 3.35. The molecule has 1 fully saturated rings. The summed E-state index contributed by atoms with van der Waals surface area (Å²) in [6.45, 7) is 3.93. The van der Waals surface area contributed by atoms with Crippen molar-refractivity contribution in [1.29, 1.82) is 0 Å². The van der Waals surface area contributed by atoms with Gasteiger partial charge in [0.15, 0.2) is 5.16 Å². The summed E-state index contributed by atoms with van der Waals surface area (Å²) < 4.78 is 1.73. The molecule has 1 unspecified atom stereocenters. The van der Waals surface area contributed by atoms with Gasteiger partial charge in [0, 0.05) is 18.3 Å². The van der Waals surface area contributed by atoms with E-state index in [0.29, 0.717) is 6.04 Å². The Morgan fingerprint density at radius 2 is 2.41 bits per heavy atom. The number of nitrogens with one attached hydrogen (secondary N) is 2. The fraction of sp³-hybridized carbons (Fsp3) is 0.818. The lowest BCUT2D eigenvalue weighted by Gasteiger charge is -2.22. The summed E-state index contributed by atoms with van der Waals surface area (Å²) in [4.78, 5) is 11.5. The van der Waals surface area contributed by atoms with Gasteiger partial charge in [0.1, 0.15) is 0 Å². The van der Waals surface area contributed by atoms with Gasteiger partial charge in [-0.05, 0) is 25.8 Å². The first-order valence-corrected chi connectivity index (χ1v) is 7.31. The largest absolute Gasteiger partial charge is 0.343 e. The number of aromatic amines is 1. The monoisotopic (exact) mass is 256 g/mol. The van der Waals surface area contributed by atoms with E-state index in [9.17, 15) is 4.79 Å². The number of hydrogen-bond acceptors (Lipinski definition) is 4. The van der Waals surface area contributed by atoms with Crippen molar-refractivity contribution in [3.63, 3.8) is 0 Å². The molecule has 1 aromatic heterocycles. The molecule has 6 heteroatoms. The highest BCUT2D eigenvalue weighted by Gasteiger charge is 2.15. The zero-order valence-electron chi connectivity index (χ0n) is 10.2. The number of H-pyrrole nitrogens is 1. The Balaban J connectivity index is 1.91. The molecule has 0 amide bonds. The highest BCUT2D eigenvalue weighted by Crippen LogP contribution is 2.18. The van der Waals surface area contributed by atoms with Crippen molar-refractivity contribution < 1.29 is 0 Å². The maximum atomic E-state index is 11.5. The molecule has 2 heterocycles. The first kappa shape index (κ1) is 12.7. The van der Waals surface area contributed by atoms with Crippen molar-refractivity contribution in [2.45, 2.75) is 50.4 Å². The quantitative estimate of drug-likeness (QED) is 0.778. The Kier molecular flexibility index (Phi) is 4.67. The Hall–Kier alpha value is -0.750. The minimum absolute atomic E-state index is 0.0917. The predicted octanol–water partition coefficient (Wildman–Crippen LogP) is 1.22. The minimum Gasteiger partial charge on any atom is -0.313 e. The summed E-state index contributed by atoms with van der Waals surface area (Å²) in [5, 5.41) is 10.9. The SMILES string of the molecule is CCCn1c(SCC2CCCCN2)n[nH]c1=O. The van der Waals surface area contributed by atoms with Crippen LogP contribution >= 0.6 is 11.8 Å². The van der Waals surface area contributed by atoms with E-state index in [-0.39, 0.29) is 5.69 Å². The minimum atomic E-state index is -0.0917. The van der Waals surface area contributed by atoms with Crippen molar-refractivity contribution in [3.05, 3.63) is 10.5 Å². The molecule has 0 saturated carbocycles. The second kappa shape index (κ2) is 6.26. The van der Waals surface area contributed by atoms with Crippen LogP contribution in [0.15, 0.2) is 9.95 Å². The number of thioether (sulfide) groups is 1. The number of piperidine rings is 1. The van der Waals surface area contributed by atoms with Gasteiger partial charge in [-0.2, -0.15) is 0 Å². The molecule has 2 N–H and O–H groups in total. The van der Waals surface area contributed by atoms with Gasteiger partial charge < -0.3 is 5.32 Å². The number of aromatic nitrogens is 3. The van der Waals surface area contributed by atoms with Crippen LogP contribution in [0, 0.1) is 0 Å². The van der Waals surface area contributed by atoms with E-state index >= 15 is 0 Å². The average molecular weight is 256 g/mol. The molecule has 0 aromatic carbocycles. The predicted molar refractivity (Wildman–Crippen MR) is 69.5 cm³/mol. The highest BCUT2D eigenvalue weighted by atomic mass is 32.2. The molecule has 0 radical (unpaired) electrons. The summed E-state index contributed by atoms with van der Waals surface area (Å²) in [5.41, 5.74) is -0.0917. The van der Waals surface area contributed by atoms with Crippen molar-refractivity contribution in [1.82, 2.24) is 20.1 Å². The summed E-state index contributed by atoms with van der Waals surface area (Å²) in [7, 11) is 0. The van der Waals surface area contributed by atoms with Crippen LogP contribution in [0.5, 0.6) is 0 Å². The Bertz CT molecular complexity index is 394. The molecule has 1 atom stereocenters. The smallest absolute Gasteiger partial charge is 0.313 e. The Morgan fingerprint density at radius 1 is 1.53 bits per heavy atom. The van der Waals surface area contributed by atoms with Gasteiger partial charge in [0.05, 0.1) is 0 Å². The molecule has 17 heavy (non-hydrogen) atoms. The third-order valence-corrected chi connectivity index (χ3v) is 4.14. The second-order valence-electron chi connectivity index (χ2n) is 4.42. The molecular formula is C11H20N4OS. The molecule has 1 aliphatic heterocycles. The lowest BCUT2D eigenvalue weighted by molar-refractivity contribution is 0.429. The van der Waals surface area contributed by atoms with Gasteiger partial charge in [-0.1, -0.05) is 25.1 Å². The molecule has 5 nitrogen and oxygen atoms in total. The van der Waals surface area contributed by atoms with Crippen LogP contribution in [0.4, 0.5) is 0 Å².